The number of nitrogens with one attached hydrogen (secondary N) is 1. The maximum atomic E-state index is 12.8. The Morgan fingerprint density at radius 3 is 2.46 bits per heavy atom. The first-order chi connectivity index (χ1) is 12.1. The number of likely N-dealkylation sites (tertiary alicyclic amines) is 1. The molecule has 1 fully saturated rings. The van der Waals surface area contributed by atoms with Crippen LogP contribution < -0.4 is 5.32 Å². The van der Waals surface area contributed by atoms with Gasteiger partial charge in [0.1, 0.15) is 12.1 Å². The SMILES string of the molecule is CCCCCCC(=O)NC(C(=O)N1CCCC1)[C@@H](O)c1ccncc1.Cl. The molecule has 0 spiro atoms. The van der Waals surface area contributed by atoms with Crippen molar-refractivity contribution < 1.29 is 14.7 Å². The van der Waals surface area contributed by atoms with Crippen molar-refractivity contribution >= 4 is 24.2 Å². The molecule has 1 aliphatic rings. The van der Waals surface area contributed by atoms with E-state index in [0.29, 0.717) is 25.1 Å². The van der Waals surface area contributed by atoms with Crippen LogP contribution in [-0.2, 0) is 9.59 Å². The Bertz CT molecular complexity index is 550. The number of amides is 2. The number of halogens is 1. The average Bonchev–Trinajstić information content (AvgIpc) is 3.18. The van der Waals surface area contributed by atoms with Crippen molar-refractivity contribution in [2.45, 2.75) is 64.0 Å². The summed E-state index contributed by atoms with van der Waals surface area (Å²) in [5.74, 6) is -0.384. The number of carbonyl (C=O) groups excluding carboxylic acids is 2. The van der Waals surface area contributed by atoms with Crippen LogP contribution in [0.5, 0.6) is 0 Å². The molecule has 2 atom stereocenters. The highest BCUT2D eigenvalue weighted by Gasteiger charge is 2.33. The molecule has 0 radical (unpaired) electrons. The minimum Gasteiger partial charge on any atom is -0.386 e. The minimum atomic E-state index is -1.07. The Morgan fingerprint density at radius 1 is 1.19 bits per heavy atom. The van der Waals surface area contributed by atoms with Gasteiger partial charge in [-0.2, -0.15) is 0 Å². The van der Waals surface area contributed by atoms with E-state index in [2.05, 4.69) is 17.2 Å². The molecule has 1 aromatic heterocycles. The van der Waals surface area contributed by atoms with Crippen molar-refractivity contribution in [3.63, 3.8) is 0 Å². The molecule has 1 unspecified atom stereocenters. The van der Waals surface area contributed by atoms with Gasteiger partial charge in [-0.1, -0.05) is 26.2 Å². The lowest BCUT2D eigenvalue weighted by Gasteiger charge is -2.28. The molecular formula is C19H30ClN3O3. The fourth-order valence-corrected chi connectivity index (χ4v) is 3.12. The topological polar surface area (TPSA) is 82.5 Å². The molecule has 7 heteroatoms. The normalized spacial score (nSPS) is 15.8. The minimum absolute atomic E-state index is 0. The fraction of sp³-hybridized carbons (Fsp3) is 0.632. The summed E-state index contributed by atoms with van der Waals surface area (Å²) >= 11 is 0. The van der Waals surface area contributed by atoms with Crippen LogP contribution in [0, 0.1) is 0 Å². The Balaban J connectivity index is 0.00000338. The van der Waals surface area contributed by atoms with Gasteiger partial charge < -0.3 is 15.3 Å². The van der Waals surface area contributed by atoms with Crippen LogP contribution in [0.4, 0.5) is 0 Å². The first kappa shape index (κ1) is 22.4. The molecule has 146 valence electrons. The number of unbranched alkanes of at least 4 members (excludes halogenated alkanes) is 3. The summed E-state index contributed by atoms with van der Waals surface area (Å²) < 4.78 is 0. The predicted molar refractivity (Wildman–Crippen MR) is 103 cm³/mol. The van der Waals surface area contributed by atoms with Gasteiger partial charge in [0.25, 0.3) is 0 Å². The molecule has 0 aliphatic carbocycles. The zero-order valence-corrected chi connectivity index (χ0v) is 16.2. The van der Waals surface area contributed by atoms with Gasteiger partial charge in [0.2, 0.25) is 11.8 Å². The first-order valence-corrected chi connectivity index (χ1v) is 9.29. The molecule has 2 heterocycles. The van der Waals surface area contributed by atoms with E-state index in [4.69, 9.17) is 0 Å². The monoisotopic (exact) mass is 383 g/mol. The summed E-state index contributed by atoms with van der Waals surface area (Å²) in [6.45, 7) is 3.49. The molecule has 1 saturated heterocycles. The number of aromatic nitrogens is 1. The Labute approximate surface area is 161 Å². The van der Waals surface area contributed by atoms with E-state index < -0.39 is 12.1 Å². The zero-order chi connectivity index (χ0) is 18.1. The summed E-state index contributed by atoms with van der Waals surface area (Å²) in [6.07, 6.45) is 8.40. The number of nitrogens with zero attached hydrogens (tertiary/aromatic N) is 2. The molecule has 1 aromatic rings. The van der Waals surface area contributed by atoms with Crippen molar-refractivity contribution in [2.24, 2.45) is 0 Å². The van der Waals surface area contributed by atoms with Gasteiger partial charge in [-0.25, -0.2) is 0 Å². The molecule has 0 bridgehead atoms. The Hall–Kier alpha value is -1.66. The highest BCUT2D eigenvalue weighted by Crippen LogP contribution is 2.20. The molecule has 0 aromatic carbocycles. The second-order valence-electron chi connectivity index (χ2n) is 6.61. The first-order valence-electron chi connectivity index (χ1n) is 9.29. The summed E-state index contributed by atoms with van der Waals surface area (Å²) in [4.78, 5) is 30.7. The lowest BCUT2D eigenvalue weighted by molar-refractivity contribution is -0.139. The molecule has 0 saturated carbocycles. The number of hydrogen-bond acceptors (Lipinski definition) is 4. The second kappa shape index (κ2) is 11.9. The van der Waals surface area contributed by atoms with Crippen molar-refractivity contribution in [1.82, 2.24) is 15.2 Å². The van der Waals surface area contributed by atoms with E-state index in [1.807, 2.05) is 0 Å². The number of aliphatic hydroxyl groups is 1. The zero-order valence-electron chi connectivity index (χ0n) is 15.4. The van der Waals surface area contributed by atoms with E-state index >= 15 is 0 Å². The number of carbonyl (C=O) groups is 2. The third kappa shape index (κ3) is 6.57. The van der Waals surface area contributed by atoms with Gasteiger partial charge in [0, 0.05) is 31.9 Å². The number of pyridine rings is 1. The van der Waals surface area contributed by atoms with Gasteiger partial charge in [-0.15, -0.1) is 12.4 Å². The molecule has 1 aliphatic heterocycles. The predicted octanol–water partition coefficient (Wildman–Crippen LogP) is 2.61. The van der Waals surface area contributed by atoms with Crippen molar-refractivity contribution in [1.29, 1.82) is 0 Å². The van der Waals surface area contributed by atoms with Crippen LogP contribution in [0.3, 0.4) is 0 Å². The lowest BCUT2D eigenvalue weighted by atomic mass is 10.0. The summed E-state index contributed by atoms with van der Waals surface area (Å²) in [5, 5.41) is 13.4. The number of aliphatic hydroxyl groups excluding tert-OH is 1. The third-order valence-corrected chi connectivity index (χ3v) is 4.62. The van der Waals surface area contributed by atoms with E-state index in [9.17, 15) is 14.7 Å². The number of rotatable bonds is 9. The molecular weight excluding hydrogens is 354 g/mol. The summed E-state index contributed by atoms with van der Waals surface area (Å²) in [5.41, 5.74) is 0.582. The summed E-state index contributed by atoms with van der Waals surface area (Å²) in [6, 6.07) is 2.39. The average molecular weight is 384 g/mol. The molecule has 2 N–H and O–H groups in total. The quantitative estimate of drug-likeness (QED) is 0.642. The van der Waals surface area contributed by atoms with Crippen LogP contribution in [0.15, 0.2) is 24.5 Å². The van der Waals surface area contributed by atoms with Crippen LogP contribution in [0.25, 0.3) is 0 Å². The second-order valence-corrected chi connectivity index (χ2v) is 6.61. The molecule has 26 heavy (non-hydrogen) atoms. The van der Waals surface area contributed by atoms with Gasteiger partial charge in [0.05, 0.1) is 0 Å². The Morgan fingerprint density at radius 2 is 1.85 bits per heavy atom. The van der Waals surface area contributed by atoms with Crippen LogP contribution >= 0.6 is 12.4 Å². The van der Waals surface area contributed by atoms with E-state index in [0.717, 1.165) is 38.5 Å². The highest BCUT2D eigenvalue weighted by molar-refractivity contribution is 5.88. The molecule has 2 amide bonds. The van der Waals surface area contributed by atoms with E-state index in [1.165, 1.54) is 0 Å². The summed E-state index contributed by atoms with van der Waals surface area (Å²) in [7, 11) is 0. The van der Waals surface area contributed by atoms with E-state index in [-0.39, 0.29) is 24.2 Å². The van der Waals surface area contributed by atoms with Crippen LogP contribution in [-0.4, -0.2) is 45.9 Å². The smallest absolute Gasteiger partial charge is 0.248 e. The van der Waals surface area contributed by atoms with Gasteiger partial charge in [0.15, 0.2) is 0 Å². The van der Waals surface area contributed by atoms with E-state index in [1.54, 1.807) is 29.4 Å². The van der Waals surface area contributed by atoms with Gasteiger partial charge >= 0.3 is 0 Å². The van der Waals surface area contributed by atoms with Crippen molar-refractivity contribution in [2.75, 3.05) is 13.1 Å². The fourth-order valence-electron chi connectivity index (χ4n) is 3.12. The number of hydrogen-bond donors (Lipinski definition) is 2. The van der Waals surface area contributed by atoms with Gasteiger partial charge in [-0.05, 0) is 37.0 Å². The Kier molecular flexibility index (Phi) is 10.2. The maximum Gasteiger partial charge on any atom is 0.248 e. The largest absolute Gasteiger partial charge is 0.386 e. The van der Waals surface area contributed by atoms with Crippen LogP contribution in [0.1, 0.15) is 63.5 Å². The maximum absolute atomic E-state index is 12.8. The third-order valence-electron chi connectivity index (χ3n) is 4.62. The van der Waals surface area contributed by atoms with Gasteiger partial charge in [-0.3, -0.25) is 14.6 Å². The lowest BCUT2D eigenvalue weighted by Crippen LogP contribution is -2.51. The van der Waals surface area contributed by atoms with Crippen LogP contribution in [0.2, 0.25) is 0 Å². The molecule has 6 nitrogen and oxygen atoms in total. The van der Waals surface area contributed by atoms with Crippen molar-refractivity contribution in [3.8, 4) is 0 Å². The standard InChI is InChI=1S/C19H29N3O3.ClH/c1-2-3-4-5-8-16(23)21-17(19(25)22-13-6-7-14-22)18(24)15-9-11-20-12-10-15;/h9-12,17-18,24H,2-8,13-14H2,1H3,(H,21,23);1H/t17?,18-;/m0./s1. The molecule has 2 rings (SSSR count). The van der Waals surface area contributed by atoms with Crippen molar-refractivity contribution in [3.05, 3.63) is 30.1 Å². The highest BCUT2D eigenvalue weighted by atomic mass is 35.5.